The van der Waals surface area contributed by atoms with E-state index in [4.69, 9.17) is 35.3 Å². The van der Waals surface area contributed by atoms with E-state index in [2.05, 4.69) is 57.2 Å². The molecule has 0 bridgehead atoms. The van der Waals surface area contributed by atoms with Crippen molar-refractivity contribution in [3.63, 3.8) is 0 Å². The van der Waals surface area contributed by atoms with Crippen molar-refractivity contribution < 1.29 is 28.8 Å². The molecule has 3 aromatic rings. The normalized spacial score (nSPS) is 20.6. The van der Waals surface area contributed by atoms with Crippen LogP contribution in [0, 0.1) is 0 Å². The summed E-state index contributed by atoms with van der Waals surface area (Å²) in [4.78, 5) is 1.24. The summed E-state index contributed by atoms with van der Waals surface area (Å²) in [7, 11) is 0. The molecule has 0 spiro atoms. The number of halogens is 1. The van der Waals surface area contributed by atoms with E-state index in [-0.39, 0.29) is 31.5 Å². The highest BCUT2D eigenvalue weighted by Gasteiger charge is 2.42. The molecule has 6 nitrogen and oxygen atoms in total. The van der Waals surface area contributed by atoms with Crippen LogP contribution in [0.5, 0.6) is 5.75 Å². The van der Waals surface area contributed by atoms with Gasteiger partial charge in [-0.15, -0.1) is 11.3 Å². The molecule has 0 saturated carbocycles. The Bertz CT molecular complexity index is 1200. The van der Waals surface area contributed by atoms with Crippen LogP contribution in [-0.2, 0) is 25.4 Å². The van der Waals surface area contributed by atoms with E-state index in [9.17, 15) is 5.11 Å². The molecule has 238 valence electrons. The first kappa shape index (κ1) is 34.2. The average Bonchev–Trinajstić information content (AvgIpc) is 3.43. The van der Waals surface area contributed by atoms with Crippen molar-refractivity contribution in [2.75, 3.05) is 39.6 Å². The molecule has 0 radical (unpaired) electrons. The first-order chi connectivity index (χ1) is 21.1. The van der Waals surface area contributed by atoms with Gasteiger partial charge in [0.05, 0.1) is 25.4 Å². The van der Waals surface area contributed by atoms with Crippen LogP contribution < -0.4 is 4.74 Å². The molecular formula is C35H49ClO6S. The highest BCUT2D eigenvalue weighted by Crippen LogP contribution is 2.42. The van der Waals surface area contributed by atoms with E-state index in [1.54, 1.807) is 11.3 Å². The van der Waals surface area contributed by atoms with Gasteiger partial charge in [-0.3, -0.25) is 0 Å². The van der Waals surface area contributed by atoms with Crippen molar-refractivity contribution in [1.29, 1.82) is 0 Å². The first-order valence-electron chi connectivity index (χ1n) is 16.1. The van der Waals surface area contributed by atoms with Gasteiger partial charge in [-0.2, -0.15) is 0 Å². The highest BCUT2D eigenvalue weighted by atomic mass is 35.5. The van der Waals surface area contributed by atoms with E-state index in [0.717, 1.165) is 49.7 Å². The quantitative estimate of drug-likeness (QED) is 0.134. The maximum atomic E-state index is 9.61. The van der Waals surface area contributed by atoms with Crippen molar-refractivity contribution in [1.82, 2.24) is 0 Å². The Hall–Kier alpha value is -1.71. The van der Waals surface area contributed by atoms with E-state index in [1.807, 2.05) is 6.07 Å². The monoisotopic (exact) mass is 632 g/mol. The average molecular weight is 633 g/mol. The van der Waals surface area contributed by atoms with E-state index >= 15 is 0 Å². The molecule has 0 amide bonds. The Morgan fingerprint density at radius 2 is 1.67 bits per heavy atom. The fourth-order valence-corrected chi connectivity index (χ4v) is 6.72. The fraction of sp³-hybridized carbons (Fsp3) is 0.600. The van der Waals surface area contributed by atoms with Crippen LogP contribution in [0.4, 0.5) is 0 Å². The second-order valence-corrected chi connectivity index (χ2v) is 12.9. The SMILES string of the molecule is CCCCOC[C@@H]1C[C@H](OCCCC)[C@@H](OCCCC)[C@H](c2cc(Cc3cc4ccccc4s3)c(Cl)cc2OCCO)O1. The Labute approximate surface area is 266 Å². The molecule has 8 heteroatoms. The molecule has 2 heterocycles. The largest absolute Gasteiger partial charge is 0.491 e. The zero-order valence-electron chi connectivity index (χ0n) is 26.0. The maximum Gasteiger partial charge on any atom is 0.126 e. The molecule has 1 aliphatic rings. The molecule has 0 unspecified atom stereocenters. The molecule has 2 aromatic carbocycles. The minimum atomic E-state index is -0.441. The van der Waals surface area contributed by atoms with Gasteiger partial charge in [-0.1, -0.05) is 69.8 Å². The fourth-order valence-electron chi connectivity index (χ4n) is 5.42. The standard InChI is InChI=1S/C35H49ClO6S/c1-4-7-15-38-24-27-22-32(39-16-8-5-2)35(41-17-9-6-3)34(42-27)29-21-26(30(36)23-31(29)40-18-14-37)20-28-19-25-12-10-11-13-33(25)43-28/h10-13,19,21,23,27,32,34-35,37H,4-9,14-18,20,22,24H2,1-3H3/t27-,32-,34-,35+/m0/s1. The third kappa shape index (κ3) is 9.89. The lowest BCUT2D eigenvalue weighted by Crippen LogP contribution is -2.48. The van der Waals surface area contributed by atoms with Gasteiger partial charge in [-0.05, 0) is 54.5 Å². The van der Waals surface area contributed by atoms with Gasteiger partial charge in [0.15, 0.2) is 0 Å². The summed E-state index contributed by atoms with van der Waals surface area (Å²) >= 11 is 8.68. The summed E-state index contributed by atoms with van der Waals surface area (Å²) in [6.07, 6.45) is 6.52. The minimum Gasteiger partial charge on any atom is -0.491 e. The predicted octanol–water partition coefficient (Wildman–Crippen LogP) is 8.53. The molecule has 1 fully saturated rings. The van der Waals surface area contributed by atoms with Gasteiger partial charge in [0, 0.05) is 52.8 Å². The van der Waals surface area contributed by atoms with Gasteiger partial charge < -0.3 is 28.8 Å². The summed E-state index contributed by atoms with van der Waals surface area (Å²) in [5, 5.41) is 11.5. The van der Waals surface area contributed by atoms with Crippen molar-refractivity contribution in [3.8, 4) is 5.75 Å². The molecule has 4 rings (SSSR count). The molecule has 43 heavy (non-hydrogen) atoms. The van der Waals surface area contributed by atoms with Crippen LogP contribution in [-0.4, -0.2) is 63.1 Å². The number of unbranched alkanes of at least 4 members (excludes halogenated alkanes) is 3. The molecule has 1 saturated heterocycles. The number of rotatable bonds is 19. The molecular weight excluding hydrogens is 584 g/mol. The lowest BCUT2D eigenvalue weighted by atomic mass is 9.90. The Morgan fingerprint density at radius 1 is 0.930 bits per heavy atom. The third-order valence-electron chi connectivity index (χ3n) is 7.76. The Kier molecular flexibility index (Phi) is 14.5. The van der Waals surface area contributed by atoms with E-state index in [0.29, 0.717) is 50.0 Å². The van der Waals surface area contributed by atoms with Gasteiger partial charge in [0.25, 0.3) is 0 Å². The highest BCUT2D eigenvalue weighted by molar-refractivity contribution is 7.19. The number of hydrogen-bond donors (Lipinski definition) is 1. The number of hydrogen-bond acceptors (Lipinski definition) is 7. The van der Waals surface area contributed by atoms with Crippen molar-refractivity contribution >= 4 is 33.0 Å². The topological polar surface area (TPSA) is 66.4 Å². The summed E-state index contributed by atoms with van der Waals surface area (Å²) in [6, 6.07) is 14.7. The van der Waals surface area contributed by atoms with Gasteiger partial charge >= 0.3 is 0 Å². The van der Waals surface area contributed by atoms with Crippen LogP contribution in [0.2, 0.25) is 5.02 Å². The second-order valence-electron chi connectivity index (χ2n) is 11.3. The van der Waals surface area contributed by atoms with Crippen LogP contribution in [0.15, 0.2) is 42.5 Å². The van der Waals surface area contributed by atoms with Gasteiger partial charge in [0.2, 0.25) is 0 Å². The Balaban J connectivity index is 1.70. The number of fused-ring (bicyclic) bond motifs is 1. The molecule has 1 N–H and O–H groups in total. The van der Waals surface area contributed by atoms with Crippen molar-refractivity contribution in [2.24, 2.45) is 0 Å². The first-order valence-corrected chi connectivity index (χ1v) is 17.3. The summed E-state index contributed by atoms with van der Waals surface area (Å²) in [5.41, 5.74) is 1.87. The molecule has 1 aromatic heterocycles. The summed E-state index contributed by atoms with van der Waals surface area (Å²) in [5.74, 6) is 0.605. The number of thiophene rings is 1. The number of aliphatic hydroxyl groups is 1. The van der Waals surface area contributed by atoms with Gasteiger partial charge in [-0.25, -0.2) is 0 Å². The lowest BCUT2D eigenvalue weighted by Gasteiger charge is -2.42. The van der Waals surface area contributed by atoms with E-state index < -0.39 is 6.10 Å². The minimum absolute atomic E-state index is 0.0980. The van der Waals surface area contributed by atoms with Crippen LogP contribution in [0.25, 0.3) is 10.1 Å². The van der Waals surface area contributed by atoms with Crippen molar-refractivity contribution in [2.45, 2.75) is 96.6 Å². The van der Waals surface area contributed by atoms with E-state index in [1.165, 1.54) is 15.0 Å². The maximum absolute atomic E-state index is 9.61. The third-order valence-corrected chi connectivity index (χ3v) is 9.23. The summed E-state index contributed by atoms with van der Waals surface area (Å²) in [6.45, 7) is 9.08. The Morgan fingerprint density at radius 3 is 2.42 bits per heavy atom. The molecule has 4 atom stereocenters. The second kappa shape index (κ2) is 18.3. The smallest absolute Gasteiger partial charge is 0.126 e. The molecule has 0 aliphatic carbocycles. The van der Waals surface area contributed by atoms with Crippen molar-refractivity contribution in [3.05, 3.63) is 63.5 Å². The molecule has 1 aliphatic heterocycles. The summed E-state index contributed by atoms with van der Waals surface area (Å²) < 4.78 is 33.3. The number of aliphatic hydroxyl groups excluding tert-OH is 1. The predicted molar refractivity (Wildman–Crippen MR) is 176 cm³/mol. The van der Waals surface area contributed by atoms with Gasteiger partial charge in [0.1, 0.15) is 24.6 Å². The number of benzene rings is 2. The zero-order valence-corrected chi connectivity index (χ0v) is 27.6. The van der Waals surface area contributed by atoms with Crippen LogP contribution in [0.3, 0.4) is 0 Å². The van der Waals surface area contributed by atoms with Crippen LogP contribution in [0.1, 0.15) is 87.8 Å². The number of ether oxygens (including phenoxy) is 5. The van der Waals surface area contributed by atoms with Crippen LogP contribution >= 0.6 is 22.9 Å². The lowest BCUT2D eigenvalue weighted by molar-refractivity contribution is -0.213. The zero-order chi connectivity index (χ0) is 30.4.